The van der Waals surface area contributed by atoms with E-state index >= 15 is 0 Å². The molecule has 0 saturated carbocycles. The molecule has 0 aromatic rings. The Hall–Kier alpha value is -2.31. The molecule has 0 aromatic carbocycles. The van der Waals surface area contributed by atoms with E-state index in [1.165, 1.54) is 154 Å². The number of carboxylic acid groups (broad SMARTS) is 1. The number of aliphatic hydroxyl groups is 3. The molecule has 1 fully saturated rings. The standard InChI is InChI=1S/C54H98O11/c1-3-5-7-9-11-13-15-17-19-21-22-23-24-25-26-27-29-31-33-35-37-39-41-43-48(56)64-46(45-63-54-51(59)49(57)50(58)52(65-54)53(60)61)44-62-47(55)42-40-38-36-34-32-30-28-20-18-16-14-12-10-8-6-4-2/h14,16,20,28,46,49-52,54,57-59H,3-13,15,17-19,21-27,29-45H2,1-2H3,(H,60,61)/b16-14-,28-20-. The Balaban J connectivity index is 2.26. The van der Waals surface area contributed by atoms with E-state index in [9.17, 15) is 34.8 Å². The van der Waals surface area contributed by atoms with Gasteiger partial charge in [-0.3, -0.25) is 9.59 Å². The SMILES string of the molecule is CCCCCC/C=C\C/C=C\CCCCCCCC(=O)OCC(COC1OC(C(=O)O)C(O)C(O)C1O)OC(=O)CCCCCCCCCCCCCCCCCCCCCCCCC. The first-order chi connectivity index (χ1) is 31.7. The van der Waals surface area contributed by atoms with Crippen molar-refractivity contribution < 1.29 is 53.8 Å². The van der Waals surface area contributed by atoms with Crippen LogP contribution < -0.4 is 0 Å². The third kappa shape index (κ3) is 35.5. The van der Waals surface area contributed by atoms with Crippen LogP contribution >= 0.6 is 0 Å². The second-order valence-corrected chi connectivity index (χ2v) is 18.7. The summed E-state index contributed by atoms with van der Waals surface area (Å²) in [6, 6.07) is 0. The van der Waals surface area contributed by atoms with Gasteiger partial charge in [0, 0.05) is 12.8 Å². The summed E-state index contributed by atoms with van der Waals surface area (Å²) in [6.07, 6.45) is 42.3. The number of hydrogen-bond donors (Lipinski definition) is 4. The summed E-state index contributed by atoms with van der Waals surface area (Å²) in [5.74, 6) is -2.44. The highest BCUT2D eigenvalue weighted by molar-refractivity contribution is 5.73. The van der Waals surface area contributed by atoms with Crippen LogP contribution in [-0.2, 0) is 33.3 Å². The van der Waals surface area contributed by atoms with Crippen molar-refractivity contribution in [3.05, 3.63) is 24.3 Å². The highest BCUT2D eigenvalue weighted by atomic mass is 16.7. The predicted molar refractivity (Wildman–Crippen MR) is 262 cm³/mol. The second kappa shape index (κ2) is 44.2. The first kappa shape index (κ1) is 60.7. The zero-order valence-electron chi connectivity index (χ0n) is 41.5. The van der Waals surface area contributed by atoms with E-state index in [-0.39, 0.29) is 26.1 Å². The number of allylic oxidation sites excluding steroid dienone is 4. The third-order valence-corrected chi connectivity index (χ3v) is 12.6. The van der Waals surface area contributed by atoms with E-state index in [1.54, 1.807) is 0 Å². The fourth-order valence-electron chi connectivity index (χ4n) is 8.32. The van der Waals surface area contributed by atoms with E-state index in [2.05, 4.69) is 38.2 Å². The molecule has 1 aliphatic rings. The minimum atomic E-state index is -1.86. The van der Waals surface area contributed by atoms with Crippen LogP contribution in [0.2, 0.25) is 0 Å². The summed E-state index contributed by atoms with van der Waals surface area (Å²) < 4.78 is 21.8. The molecule has 0 aromatic heterocycles. The molecular formula is C54H98O11. The van der Waals surface area contributed by atoms with Crippen molar-refractivity contribution in [2.75, 3.05) is 13.2 Å². The molecule has 0 spiro atoms. The van der Waals surface area contributed by atoms with Crippen LogP contribution in [0.25, 0.3) is 0 Å². The van der Waals surface area contributed by atoms with Gasteiger partial charge in [-0.2, -0.15) is 0 Å². The number of hydrogen-bond acceptors (Lipinski definition) is 10. The Morgan fingerprint density at radius 3 is 1.29 bits per heavy atom. The van der Waals surface area contributed by atoms with Crippen LogP contribution in [0.3, 0.4) is 0 Å². The fourth-order valence-corrected chi connectivity index (χ4v) is 8.32. The van der Waals surface area contributed by atoms with Gasteiger partial charge in [0.15, 0.2) is 18.5 Å². The lowest BCUT2D eigenvalue weighted by Crippen LogP contribution is -2.60. The molecule has 11 nitrogen and oxygen atoms in total. The van der Waals surface area contributed by atoms with Gasteiger partial charge in [-0.15, -0.1) is 0 Å². The van der Waals surface area contributed by atoms with Crippen molar-refractivity contribution in [3.63, 3.8) is 0 Å². The molecular weight excluding hydrogens is 825 g/mol. The Morgan fingerprint density at radius 2 is 0.862 bits per heavy atom. The predicted octanol–water partition coefficient (Wildman–Crippen LogP) is 12.9. The number of carbonyl (C=O) groups excluding carboxylic acids is 2. The van der Waals surface area contributed by atoms with E-state index in [1.807, 2.05) is 0 Å². The fraction of sp³-hybridized carbons (Fsp3) is 0.870. The monoisotopic (exact) mass is 923 g/mol. The summed E-state index contributed by atoms with van der Waals surface area (Å²) in [7, 11) is 0. The first-order valence-electron chi connectivity index (χ1n) is 26.9. The number of carbonyl (C=O) groups is 3. The van der Waals surface area contributed by atoms with Crippen molar-refractivity contribution in [1.29, 1.82) is 0 Å². The summed E-state index contributed by atoms with van der Waals surface area (Å²) in [5, 5.41) is 40.0. The summed E-state index contributed by atoms with van der Waals surface area (Å²) >= 11 is 0. The zero-order chi connectivity index (χ0) is 47.4. The average Bonchev–Trinajstić information content (AvgIpc) is 3.29. The van der Waals surface area contributed by atoms with Crippen molar-refractivity contribution in [2.45, 2.75) is 288 Å². The van der Waals surface area contributed by atoms with Gasteiger partial charge in [-0.05, 0) is 44.9 Å². The van der Waals surface area contributed by atoms with E-state index in [0.717, 1.165) is 57.8 Å². The number of ether oxygens (including phenoxy) is 4. The minimum absolute atomic E-state index is 0.185. The molecule has 1 saturated heterocycles. The van der Waals surface area contributed by atoms with E-state index < -0.39 is 54.7 Å². The van der Waals surface area contributed by atoms with Crippen LogP contribution in [0.15, 0.2) is 24.3 Å². The highest BCUT2D eigenvalue weighted by Gasteiger charge is 2.47. The molecule has 1 aliphatic heterocycles. The lowest BCUT2D eigenvalue weighted by molar-refractivity contribution is -0.298. The van der Waals surface area contributed by atoms with Crippen molar-refractivity contribution >= 4 is 17.9 Å². The van der Waals surface area contributed by atoms with Crippen LogP contribution in [0.1, 0.15) is 251 Å². The zero-order valence-corrected chi connectivity index (χ0v) is 41.5. The summed E-state index contributed by atoms with van der Waals surface area (Å²) in [5.41, 5.74) is 0. The van der Waals surface area contributed by atoms with Gasteiger partial charge in [0.05, 0.1) is 6.61 Å². The van der Waals surface area contributed by atoms with Crippen molar-refractivity contribution in [1.82, 2.24) is 0 Å². The number of aliphatic carboxylic acids is 1. The number of aliphatic hydroxyl groups excluding tert-OH is 3. The number of esters is 2. The van der Waals surface area contributed by atoms with E-state index in [4.69, 9.17) is 18.9 Å². The lowest BCUT2D eigenvalue weighted by atomic mass is 9.99. The molecule has 11 heteroatoms. The van der Waals surface area contributed by atoms with Crippen LogP contribution in [0.4, 0.5) is 0 Å². The molecule has 0 aliphatic carbocycles. The smallest absolute Gasteiger partial charge is 0.335 e. The van der Waals surface area contributed by atoms with Crippen LogP contribution in [0, 0.1) is 0 Å². The molecule has 1 heterocycles. The molecule has 1 rings (SSSR count). The quantitative estimate of drug-likeness (QED) is 0.0260. The molecule has 0 bridgehead atoms. The first-order valence-corrected chi connectivity index (χ1v) is 26.9. The maximum absolute atomic E-state index is 12.8. The van der Waals surface area contributed by atoms with Gasteiger partial charge < -0.3 is 39.4 Å². The van der Waals surface area contributed by atoms with Gasteiger partial charge in [0.25, 0.3) is 0 Å². The Bertz CT molecular complexity index is 1180. The van der Waals surface area contributed by atoms with Gasteiger partial charge in [-0.1, -0.05) is 218 Å². The molecule has 4 N–H and O–H groups in total. The largest absolute Gasteiger partial charge is 0.479 e. The molecule has 0 amide bonds. The van der Waals surface area contributed by atoms with Crippen molar-refractivity contribution in [3.8, 4) is 0 Å². The Labute approximate surface area is 396 Å². The topological polar surface area (TPSA) is 169 Å². The van der Waals surface area contributed by atoms with Crippen LogP contribution in [-0.4, -0.2) is 88.4 Å². The van der Waals surface area contributed by atoms with Gasteiger partial charge >= 0.3 is 17.9 Å². The number of carboxylic acids is 1. The molecule has 0 radical (unpaired) electrons. The summed E-state index contributed by atoms with van der Waals surface area (Å²) in [4.78, 5) is 37.0. The Kier molecular flexibility index (Phi) is 41.3. The third-order valence-electron chi connectivity index (χ3n) is 12.6. The minimum Gasteiger partial charge on any atom is -0.479 e. The Morgan fingerprint density at radius 1 is 0.477 bits per heavy atom. The lowest BCUT2D eigenvalue weighted by Gasteiger charge is -2.38. The second-order valence-electron chi connectivity index (χ2n) is 18.7. The summed E-state index contributed by atoms with van der Waals surface area (Å²) in [6.45, 7) is 3.83. The normalized spacial score (nSPS) is 19.3. The highest BCUT2D eigenvalue weighted by Crippen LogP contribution is 2.23. The molecule has 65 heavy (non-hydrogen) atoms. The van der Waals surface area contributed by atoms with E-state index in [0.29, 0.717) is 12.8 Å². The molecule has 6 atom stereocenters. The maximum atomic E-state index is 12.8. The molecule has 6 unspecified atom stereocenters. The van der Waals surface area contributed by atoms with Gasteiger partial charge in [0.2, 0.25) is 0 Å². The van der Waals surface area contributed by atoms with Crippen LogP contribution in [0.5, 0.6) is 0 Å². The van der Waals surface area contributed by atoms with Crippen molar-refractivity contribution in [2.24, 2.45) is 0 Å². The number of unbranched alkanes of at least 4 members (excludes halogenated alkanes) is 31. The average molecular weight is 923 g/mol. The molecule has 380 valence electrons. The number of rotatable bonds is 46. The van der Waals surface area contributed by atoms with Gasteiger partial charge in [-0.25, -0.2) is 4.79 Å². The maximum Gasteiger partial charge on any atom is 0.335 e. The van der Waals surface area contributed by atoms with Gasteiger partial charge in [0.1, 0.15) is 24.9 Å².